The minimum atomic E-state index is -3.41. The van der Waals surface area contributed by atoms with Gasteiger partial charge in [0.05, 0.1) is 17.0 Å². The largest absolute Gasteiger partial charge is 0.478 e. The first-order valence-corrected chi connectivity index (χ1v) is 6.88. The molecule has 17 heavy (non-hydrogen) atoms. The van der Waals surface area contributed by atoms with Gasteiger partial charge in [-0.15, -0.1) is 0 Å². The van der Waals surface area contributed by atoms with E-state index in [0.717, 1.165) is 6.26 Å². The van der Waals surface area contributed by atoms with Gasteiger partial charge in [0.1, 0.15) is 11.8 Å². The number of anilines is 1. The molecule has 92 valence electrons. The van der Waals surface area contributed by atoms with E-state index in [9.17, 15) is 8.42 Å². The van der Waals surface area contributed by atoms with Crippen LogP contribution in [-0.2, 0) is 10.0 Å². The molecule has 0 aromatic heterocycles. The summed E-state index contributed by atoms with van der Waals surface area (Å²) < 4.78 is 29.8. The van der Waals surface area contributed by atoms with Gasteiger partial charge in [0.25, 0.3) is 0 Å². The Balaban J connectivity index is 3.16. The second-order valence-electron chi connectivity index (χ2n) is 3.37. The Morgan fingerprint density at radius 3 is 2.71 bits per heavy atom. The third-order valence-corrected chi connectivity index (χ3v) is 2.83. The van der Waals surface area contributed by atoms with Crippen molar-refractivity contribution in [3.63, 3.8) is 0 Å². The lowest BCUT2D eigenvalue weighted by molar-refractivity contribution is 0.366. The molecule has 0 aliphatic carbocycles. The van der Waals surface area contributed by atoms with Crippen molar-refractivity contribution in [2.45, 2.75) is 6.92 Å². The monoisotopic (exact) mass is 274 g/mol. The fourth-order valence-corrected chi connectivity index (χ4v) is 2.18. The van der Waals surface area contributed by atoms with Crippen LogP contribution >= 0.6 is 11.6 Å². The van der Waals surface area contributed by atoms with E-state index in [2.05, 4.69) is 4.72 Å². The standard InChI is InChI=1S/C10H11ClN2O3S/c1-7-9(16-6-5-12)4-3-8(11)10(7)13-17(2,14)15/h3-4,13H,6H2,1-2H3. The summed E-state index contributed by atoms with van der Waals surface area (Å²) in [5.41, 5.74) is 0.808. The number of hydrogen-bond acceptors (Lipinski definition) is 4. The molecule has 0 amide bonds. The molecular weight excluding hydrogens is 264 g/mol. The summed E-state index contributed by atoms with van der Waals surface area (Å²) in [5.74, 6) is 0.419. The summed E-state index contributed by atoms with van der Waals surface area (Å²) in [6.45, 7) is 1.55. The molecule has 0 saturated heterocycles. The maximum Gasteiger partial charge on any atom is 0.229 e. The Bertz CT molecular complexity index is 564. The molecule has 0 fully saturated rings. The number of nitriles is 1. The van der Waals surface area contributed by atoms with Crippen LogP contribution in [0.3, 0.4) is 0 Å². The van der Waals surface area contributed by atoms with Gasteiger partial charge in [-0.05, 0) is 19.1 Å². The van der Waals surface area contributed by atoms with Crippen LogP contribution in [0.25, 0.3) is 0 Å². The third kappa shape index (κ3) is 3.80. The molecule has 0 heterocycles. The molecule has 0 radical (unpaired) electrons. The van der Waals surface area contributed by atoms with Gasteiger partial charge in [-0.1, -0.05) is 11.6 Å². The zero-order valence-electron chi connectivity index (χ0n) is 9.32. The smallest absolute Gasteiger partial charge is 0.229 e. The zero-order chi connectivity index (χ0) is 13.1. The Kier molecular flexibility index (Phi) is 4.21. The van der Waals surface area contributed by atoms with Crippen molar-refractivity contribution in [1.29, 1.82) is 5.26 Å². The van der Waals surface area contributed by atoms with E-state index in [1.165, 1.54) is 6.07 Å². The highest BCUT2D eigenvalue weighted by molar-refractivity contribution is 7.92. The second-order valence-corrected chi connectivity index (χ2v) is 5.52. The van der Waals surface area contributed by atoms with E-state index < -0.39 is 10.0 Å². The fourth-order valence-electron chi connectivity index (χ4n) is 1.24. The quantitative estimate of drug-likeness (QED) is 0.910. The molecule has 0 saturated carbocycles. The highest BCUT2D eigenvalue weighted by Crippen LogP contribution is 2.33. The fraction of sp³-hybridized carbons (Fsp3) is 0.300. The number of nitrogens with one attached hydrogen (secondary N) is 1. The average molecular weight is 275 g/mol. The highest BCUT2D eigenvalue weighted by Gasteiger charge is 2.13. The Hall–Kier alpha value is -1.45. The summed E-state index contributed by atoms with van der Waals surface area (Å²) in [7, 11) is -3.41. The normalized spacial score (nSPS) is 10.7. The van der Waals surface area contributed by atoms with Crippen LogP contribution in [0, 0.1) is 18.3 Å². The SMILES string of the molecule is Cc1c(OCC#N)ccc(Cl)c1NS(C)(=O)=O. The van der Waals surface area contributed by atoms with Gasteiger partial charge in [0.2, 0.25) is 10.0 Å². The highest BCUT2D eigenvalue weighted by atomic mass is 35.5. The van der Waals surface area contributed by atoms with Crippen LogP contribution in [0.15, 0.2) is 12.1 Å². The van der Waals surface area contributed by atoms with Crippen LogP contribution in [-0.4, -0.2) is 21.3 Å². The average Bonchev–Trinajstić information content (AvgIpc) is 2.22. The van der Waals surface area contributed by atoms with Crippen LogP contribution in [0.5, 0.6) is 5.75 Å². The van der Waals surface area contributed by atoms with E-state index in [1.807, 2.05) is 6.07 Å². The van der Waals surface area contributed by atoms with Crippen molar-refractivity contribution in [2.24, 2.45) is 0 Å². The molecule has 1 N–H and O–H groups in total. The zero-order valence-corrected chi connectivity index (χ0v) is 10.9. The number of ether oxygens (including phenoxy) is 1. The molecule has 0 atom stereocenters. The number of hydrogen-bond donors (Lipinski definition) is 1. The molecule has 0 unspecified atom stereocenters. The minimum Gasteiger partial charge on any atom is -0.478 e. The van der Waals surface area contributed by atoms with Gasteiger partial charge in [-0.2, -0.15) is 5.26 Å². The Morgan fingerprint density at radius 1 is 1.53 bits per heavy atom. The predicted octanol–water partition coefficient (Wildman–Crippen LogP) is 1.92. The molecule has 0 bridgehead atoms. The second kappa shape index (κ2) is 5.25. The third-order valence-electron chi connectivity index (χ3n) is 1.94. The van der Waals surface area contributed by atoms with Gasteiger partial charge >= 0.3 is 0 Å². The van der Waals surface area contributed by atoms with Gasteiger partial charge in [-0.3, -0.25) is 4.72 Å². The summed E-state index contributed by atoms with van der Waals surface area (Å²) in [5, 5.41) is 8.69. The lowest BCUT2D eigenvalue weighted by atomic mass is 10.2. The number of rotatable bonds is 4. The lowest BCUT2D eigenvalue weighted by Gasteiger charge is -2.13. The summed E-state index contributed by atoms with van der Waals surface area (Å²) in [6, 6.07) is 4.93. The molecular formula is C10H11ClN2O3S. The number of sulfonamides is 1. The number of halogens is 1. The lowest BCUT2D eigenvalue weighted by Crippen LogP contribution is -2.11. The van der Waals surface area contributed by atoms with Crippen LogP contribution < -0.4 is 9.46 Å². The molecule has 0 aliphatic heterocycles. The molecule has 5 nitrogen and oxygen atoms in total. The first-order chi connectivity index (χ1) is 7.85. The first-order valence-electron chi connectivity index (χ1n) is 4.62. The van der Waals surface area contributed by atoms with Crippen molar-refractivity contribution in [3.05, 3.63) is 22.7 Å². The number of benzene rings is 1. The van der Waals surface area contributed by atoms with Crippen molar-refractivity contribution in [1.82, 2.24) is 0 Å². The number of nitrogens with zero attached hydrogens (tertiary/aromatic N) is 1. The van der Waals surface area contributed by atoms with Gasteiger partial charge in [-0.25, -0.2) is 8.42 Å². The summed E-state index contributed by atoms with van der Waals surface area (Å²) in [6.07, 6.45) is 1.03. The van der Waals surface area contributed by atoms with E-state index in [4.69, 9.17) is 21.6 Å². The van der Waals surface area contributed by atoms with Crippen LogP contribution in [0.4, 0.5) is 5.69 Å². The minimum absolute atomic E-state index is 0.110. The van der Waals surface area contributed by atoms with Gasteiger partial charge < -0.3 is 4.74 Å². The van der Waals surface area contributed by atoms with E-state index in [0.29, 0.717) is 11.3 Å². The summed E-state index contributed by atoms with van der Waals surface area (Å²) >= 11 is 5.89. The van der Waals surface area contributed by atoms with E-state index >= 15 is 0 Å². The van der Waals surface area contributed by atoms with Crippen molar-refractivity contribution >= 4 is 27.3 Å². The molecule has 0 aliphatic rings. The van der Waals surface area contributed by atoms with Crippen molar-refractivity contribution in [2.75, 3.05) is 17.6 Å². The van der Waals surface area contributed by atoms with Crippen molar-refractivity contribution in [3.8, 4) is 11.8 Å². The Labute approximate surface area is 105 Å². The maximum absolute atomic E-state index is 11.2. The molecule has 1 aromatic carbocycles. The predicted molar refractivity (Wildman–Crippen MR) is 65.8 cm³/mol. The Morgan fingerprint density at radius 2 is 2.18 bits per heavy atom. The topological polar surface area (TPSA) is 79.2 Å². The molecule has 1 rings (SSSR count). The molecule has 0 spiro atoms. The molecule has 1 aromatic rings. The summed E-state index contributed by atoms with van der Waals surface area (Å²) in [4.78, 5) is 0. The van der Waals surface area contributed by atoms with E-state index in [-0.39, 0.29) is 17.3 Å². The van der Waals surface area contributed by atoms with E-state index in [1.54, 1.807) is 13.0 Å². The van der Waals surface area contributed by atoms with Gasteiger partial charge in [0.15, 0.2) is 6.61 Å². The first kappa shape index (κ1) is 13.6. The molecule has 7 heteroatoms. The van der Waals surface area contributed by atoms with Crippen LogP contribution in [0.1, 0.15) is 5.56 Å². The van der Waals surface area contributed by atoms with Crippen molar-refractivity contribution < 1.29 is 13.2 Å². The maximum atomic E-state index is 11.2. The van der Waals surface area contributed by atoms with Gasteiger partial charge in [0, 0.05) is 5.56 Å². The van der Waals surface area contributed by atoms with Crippen LogP contribution in [0.2, 0.25) is 5.02 Å².